The molecule has 0 unspecified atom stereocenters. The van der Waals surface area contributed by atoms with E-state index in [0.717, 1.165) is 17.4 Å². The maximum atomic E-state index is 11.7. The molecule has 0 aliphatic rings. The first-order valence-corrected chi connectivity index (χ1v) is 14.8. The number of ether oxygens (including phenoxy) is 1. The zero-order valence-electron chi connectivity index (χ0n) is 23.0. The SMILES string of the molecule is COc1cc(C(N)=O)cc([N+](=O)[O-])c1NCc1ccc(O[Si](c2ccccc2)(c2ccccc2)C(C)(C)C)cc1. The lowest BCUT2D eigenvalue weighted by Gasteiger charge is -2.43. The largest absolute Gasteiger partial charge is 0.534 e. The van der Waals surface area contributed by atoms with Crippen molar-refractivity contribution in [3.05, 3.63) is 118 Å². The highest BCUT2D eigenvalue weighted by Crippen LogP contribution is 2.38. The highest BCUT2D eigenvalue weighted by Gasteiger charge is 2.52. The van der Waals surface area contributed by atoms with Crippen molar-refractivity contribution in [2.24, 2.45) is 5.73 Å². The molecule has 0 heterocycles. The normalized spacial score (nSPS) is 11.5. The molecular formula is C31H33N3O5Si. The van der Waals surface area contributed by atoms with Gasteiger partial charge in [0.15, 0.2) is 5.69 Å². The monoisotopic (exact) mass is 555 g/mol. The van der Waals surface area contributed by atoms with E-state index < -0.39 is 19.1 Å². The summed E-state index contributed by atoms with van der Waals surface area (Å²) in [6.07, 6.45) is 0. The lowest BCUT2D eigenvalue weighted by molar-refractivity contribution is -0.384. The summed E-state index contributed by atoms with van der Waals surface area (Å²) in [5, 5.41) is 17.0. The smallest absolute Gasteiger partial charge is 0.319 e. The summed E-state index contributed by atoms with van der Waals surface area (Å²) in [4.78, 5) is 22.8. The van der Waals surface area contributed by atoms with Crippen molar-refractivity contribution in [1.29, 1.82) is 0 Å². The first-order chi connectivity index (χ1) is 19.1. The number of nitrogens with zero attached hydrogens (tertiary/aromatic N) is 1. The van der Waals surface area contributed by atoms with Crippen molar-refractivity contribution >= 4 is 36.0 Å². The molecule has 0 radical (unpaired) electrons. The van der Waals surface area contributed by atoms with Crippen LogP contribution < -0.4 is 30.6 Å². The first-order valence-electron chi connectivity index (χ1n) is 12.9. The molecule has 0 bridgehead atoms. The highest BCUT2D eigenvalue weighted by atomic mass is 28.4. The van der Waals surface area contributed by atoms with E-state index in [1.807, 2.05) is 60.7 Å². The van der Waals surface area contributed by atoms with Gasteiger partial charge in [-0.15, -0.1) is 0 Å². The van der Waals surface area contributed by atoms with Crippen LogP contribution in [0.3, 0.4) is 0 Å². The van der Waals surface area contributed by atoms with Crippen molar-refractivity contribution in [3.63, 3.8) is 0 Å². The Morgan fingerprint density at radius 2 is 1.48 bits per heavy atom. The molecule has 9 heteroatoms. The third kappa shape index (κ3) is 5.69. The Morgan fingerprint density at radius 3 is 1.93 bits per heavy atom. The van der Waals surface area contributed by atoms with Gasteiger partial charge in [-0.25, -0.2) is 0 Å². The van der Waals surface area contributed by atoms with Gasteiger partial charge in [0, 0.05) is 18.2 Å². The fourth-order valence-electron chi connectivity index (χ4n) is 4.92. The number of hydrogen-bond donors (Lipinski definition) is 2. The Labute approximate surface area is 235 Å². The van der Waals surface area contributed by atoms with Crippen LogP contribution in [-0.2, 0) is 6.54 Å². The minimum absolute atomic E-state index is 0.000989. The lowest BCUT2D eigenvalue weighted by atomic mass is 10.1. The van der Waals surface area contributed by atoms with Gasteiger partial charge in [-0.1, -0.05) is 93.6 Å². The molecule has 8 nitrogen and oxygen atoms in total. The number of methoxy groups -OCH3 is 1. The number of nitro benzene ring substituents is 1. The second-order valence-electron chi connectivity index (χ2n) is 10.5. The quantitative estimate of drug-likeness (QED) is 0.157. The predicted octanol–water partition coefficient (Wildman–Crippen LogP) is 5.25. The van der Waals surface area contributed by atoms with Crippen LogP contribution in [0.1, 0.15) is 36.7 Å². The number of nitrogens with one attached hydrogen (secondary N) is 1. The Morgan fingerprint density at radius 1 is 0.925 bits per heavy atom. The molecule has 4 aromatic carbocycles. The molecule has 0 aliphatic heterocycles. The fourth-order valence-corrected chi connectivity index (χ4v) is 9.34. The zero-order valence-corrected chi connectivity index (χ0v) is 24.0. The zero-order chi connectivity index (χ0) is 28.9. The molecule has 3 N–H and O–H groups in total. The van der Waals surface area contributed by atoms with Gasteiger partial charge in [-0.2, -0.15) is 0 Å². The van der Waals surface area contributed by atoms with E-state index in [2.05, 4.69) is 50.4 Å². The van der Waals surface area contributed by atoms with Gasteiger partial charge in [0.2, 0.25) is 5.91 Å². The van der Waals surface area contributed by atoms with Gasteiger partial charge in [-0.05, 0) is 39.2 Å². The third-order valence-corrected chi connectivity index (χ3v) is 11.8. The lowest BCUT2D eigenvalue weighted by Crippen LogP contribution is -2.68. The molecule has 0 saturated heterocycles. The third-order valence-electron chi connectivity index (χ3n) is 6.86. The molecule has 0 saturated carbocycles. The molecule has 206 valence electrons. The van der Waals surface area contributed by atoms with Gasteiger partial charge in [-0.3, -0.25) is 14.9 Å². The standard InChI is InChI=1S/C31H33N3O5Si/c1-31(2,3)40(25-11-7-5-8-12-25,26-13-9-6-10-14-26)39-24-17-15-22(16-18-24)21-33-29-27(34(36)37)19-23(30(32)35)20-28(29)38-4/h5-20,33H,21H2,1-4H3,(H2,32,35). The molecule has 0 spiro atoms. The van der Waals surface area contributed by atoms with Crippen LogP contribution >= 0.6 is 0 Å². The number of hydrogen-bond acceptors (Lipinski definition) is 6. The molecule has 1 amide bonds. The van der Waals surface area contributed by atoms with Crippen molar-refractivity contribution < 1.29 is 18.9 Å². The van der Waals surface area contributed by atoms with E-state index >= 15 is 0 Å². The summed E-state index contributed by atoms with van der Waals surface area (Å²) in [5.41, 5.74) is 6.09. The van der Waals surface area contributed by atoms with Gasteiger partial charge >= 0.3 is 8.32 Å². The minimum atomic E-state index is -2.77. The van der Waals surface area contributed by atoms with Gasteiger partial charge in [0.05, 0.1) is 12.0 Å². The molecule has 4 aromatic rings. The van der Waals surface area contributed by atoms with Crippen LogP contribution in [0.4, 0.5) is 11.4 Å². The van der Waals surface area contributed by atoms with Crippen molar-refractivity contribution in [2.45, 2.75) is 32.4 Å². The summed E-state index contributed by atoms with van der Waals surface area (Å²) >= 11 is 0. The number of primary amides is 1. The van der Waals surface area contributed by atoms with Crippen molar-refractivity contribution in [2.75, 3.05) is 12.4 Å². The van der Waals surface area contributed by atoms with Crippen molar-refractivity contribution in [3.8, 4) is 11.5 Å². The van der Waals surface area contributed by atoms with E-state index in [1.54, 1.807) is 0 Å². The van der Waals surface area contributed by atoms with Crippen LogP contribution in [0.15, 0.2) is 97.1 Å². The molecule has 0 atom stereocenters. The minimum Gasteiger partial charge on any atom is -0.534 e. The van der Waals surface area contributed by atoms with E-state index in [0.29, 0.717) is 0 Å². The molecule has 0 fully saturated rings. The Balaban J connectivity index is 1.65. The van der Waals surface area contributed by atoms with Crippen LogP contribution in [0.2, 0.25) is 5.04 Å². The summed E-state index contributed by atoms with van der Waals surface area (Å²) in [7, 11) is -1.39. The number of benzene rings is 4. The van der Waals surface area contributed by atoms with Gasteiger partial charge in [0.1, 0.15) is 11.5 Å². The van der Waals surface area contributed by atoms with Gasteiger partial charge in [0.25, 0.3) is 5.69 Å². The summed E-state index contributed by atoms with van der Waals surface area (Å²) < 4.78 is 12.4. The number of amides is 1. The van der Waals surface area contributed by atoms with Crippen LogP contribution in [0, 0.1) is 10.1 Å². The summed E-state index contributed by atoms with van der Waals surface area (Å²) in [6.45, 7) is 6.95. The van der Waals surface area contributed by atoms with E-state index in [-0.39, 0.29) is 34.3 Å². The Hall–Kier alpha value is -4.63. The maximum absolute atomic E-state index is 11.7. The number of nitro groups is 1. The predicted molar refractivity (Wildman–Crippen MR) is 160 cm³/mol. The first kappa shape index (κ1) is 28.4. The maximum Gasteiger partial charge on any atom is 0.319 e. The van der Waals surface area contributed by atoms with Gasteiger partial charge < -0.3 is 20.2 Å². The summed E-state index contributed by atoms with van der Waals surface area (Å²) in [6, 6.07) is 31.0. The number of anilines is 1. The average Bonchev–Trinajstić information content (AvgIpc) is 2.95. The summed E-state index contributed by atoms with van der Waals surface area (Å²) in [5.74, 6) is 0.131. The number of rotatable bonds is 10. The molecule has 0 aromatic heterocycles. The second kappa shape index (κ2) is 11.6. The molecule has 0 aliphatic carbocycles. The molecule has 4 rings (SSSR count). The Bertz CT molecular complexity index is 1450. The van der Waals surface area contributed by atoms with Crippen LogP contribution in [0.5, 0.6) is 11.5 Å². The van der Waals surface area contributed by atoms with Crippen LogP contribution in [-0.4, -0.2) is 26.3 Å². The van der Waals surface area contributed by atoms with E-state index in [1.165, 1.54) is 23.5 Å². The second-order valence-corrected chi connectivity index (χ2v) is 14.7. The topological polar surface area (TPSA) is 117 Å². The molecular weight excluding hydrogens is 522 g/mol. The van der Waals surface area contributed by atoms with Crippen LogP contribution in [0.25, 0.3) is 0 Å². The van der Waals surface area contributed by atoms with Crippen molar-refractivity contribution in [1.82, 2.24) is 0 Å². The highest BCUT2D eigenvalue weighted by molar-refractivity contribution is 7.00. The number of carbonyl (C=O) groups excluding carboxylic acids is 1. The molecule has 40 heavy (non-hydrogen) atoms. The Kier molecular flexibility index (Phi) is 8.25. The average molecular weight is 556 g/mol. The number of carbonyl (C=O) groups is 1. The fraction of sp³-hybridized carbons (Fsp3) is 0.194. The van der Waals surface area contributed by atoms with E-state index in [9.17, 15) is 14.9 Å². The number of nitrogens with two attached hydrogens (primary N) is 1. The van der Waals surface area contributed by atoms with E-state index in [4.69, 9.17) is 14.9 Å².